The third-order valence-electron chi connectivity index (χ3n) is 2.65. The molecule has 0 radical (unpaired) electrons. The number of nitrogens with zero attached hydrogens (tertiary/aromatic N) is 1. The SMILES string of the molecule is N#Cc1cc(Nc2cc(Cl)ccc2Cl)ccc1C(F)(F)F. The molecule has 0 fully saturated rings. The van der Waals surface area contributed by atoms with Gasteiger partial charge in [-0.1, -0.05) is 23.2 Å². The predicted molar refractivity (Wildman–Crippen MR) is 75.9 cm³/mol. The van der Waals surface area contributed by atoms with E-state index in [2.05, 4.69) is 5.32 Å². The van der Waals surface area contributed by atoms with Gasteiger partial charge in [0.25, 0.3) is 0 Å². The topological polar surface area (TPSA) is 35.8 Å². The monoisotopic (exact) mass is 330 g/mol. The zero-order valence-corrected chi connectivity index (χ0v) is 11.8. The van der Waals surface area contributed by atoms with Crippen molar-refractivity contribution in [3.05, 3.63) is 57.6 Å². The van der Waals surface area contributed by atoms with Gasteiger partial charge >= 0.3 is 6.18 Å². The van der Waals surface area contributed by atoms with E-state index in [1.165, 1.54) is 18.2 Å². The van der Waals surface area contributed by atoms with Crippen LogP contribution < -0.4 is 5.32 Å². The van der Waals surface area contributed by atoms with Crippen LogP contribution in [0.1, 0.15) is 11.1 Å². The molecule has 2 aromatic carbocycles. The molecule has 0 heterocycles. The quantitative estimate of drug-likeness (QED) is 0.774. The molecule has 7 heteroatoms. The van der Waals surface area contributed by atoms with Crippen LogP contribution >= 0.6 is 23.2 Å². The van der Waals surface area contributed by atoms with Crippen molar-refractivity contribution in [1.82, 2.24) is 0 Å². The van der Waals surface area contributed by atoms with Crippen molar-refractivity contribution in [2.45, 2.75) is 6.18 Å². The molecule has 0 unspecified atom stereocenters. The smallest absolute Gasteiger partial charge is 0.354 e. The highest BCUT2D eigenvalue weighted by molar-refractivity contribution is 6.35. The summed E-state index contributed by atoms with van der Waals surface area (Å²) in [5.41, 5.74) is -0.699. The van der Waals surface area contributed by atoms with Crippen LogP contribution in [-0.2, 0) is 6.18 Å². The molecular formula is C14H7Cl2F3N2. The van der Waals surface area contributed by atoms with E-state index in [9.17, 15) is 13.2 Å². The largest absolute Gasteiger partial charge is 0.417 e. The molecule has 0 aliphatic heterocycles. The minimum Gasteiger partial charge on any atom is -0.354 e. The van der Waals surface area contributed by atoms with Crippen molar-refractivity contribution in [1.29, 1.82) is 5.26 Å². The summed E-state index contributed by atoms with van der Waals surface area (Å²) in [7, 11) is 0. The number of halogens is 5. The van der Waals surface area contributed by atoms with E-state index >= 15 is 0 Å². The summed E-state index contributed by atoms with van der Waals surface area (Å²) in [4.78, 5) is 0. The highest BCUT2D eigenvalue weighted by Gasteiger charge is 2.33. The van der Waals surface area contributed by atoms with E-state index in [-0.39, 0.29) is 0 Å². The van der Waals surface area contributed by atoms with Gasteiger partial charge in [-0.15, -0.1) is 0 Å². The van der Waals surface area contributed by atoms with E-state index in [4.69, 9.17) is 28.5 Å². The Hall–Kier alpha value is -1.90. The van der Waals surface area contributed by atoms with Crippen molar-refractivity contribution in [2.24, 2.45) is 0 Å². The van der Waals surface area contributed by atoms with Crippen molar-refractivity contribution < 1.29 is 13.2 Å². The normalized spacial score (nSPS) is 11.0. The van der Waals surface area contributed by atoms with Gasteiger partial charge in [-0.25, -0.2) is 0 Å². The molecule has 0 bridgehead atoms. The average Bonchev–Trinajstić information content (AvgIpc) is 2.41. The minimum absolute atomic E-state index is 0.309. The number of nitriles is 1. The van der Waals surface area contributed by atoms with E-state index in [1.54, 1.807) is 12.1 Å². The molecule has 0 atom stereocenters. The first kappa shape index (κ1) is 15.5. The Morgan fingerprint density at radius 2 is 1.76 bits per heavy atom. The fourth-order valence-corrected chi connectivity index (χ4v) is 2.05. The van der Waals surface area contributed by atoms with Crippen LogP contribution in [0.2, 0.25) is 10.0 Å². The fraction of sp³-hybridized carbons (Fsp3) is 0.0714. The average molecular weight is 331 g/mol. The standard InChI is InChI=1S/C14H7Cl2F3N2/c15-9-1-4-12(16)13(6-9)21-10-2-3-11(14(17,18)19)8(5-10)7-20/h1-6,21H. The van der Waals surface area contributed by atoms with E-state index in [0.717, 1.165) is 12.1 Å². The maximum absolute atomic E-state index is 12.7. The van der Waals surface area contributed by atoms with Crippen LogP contribution in [0, 0.1) is 11.3 Å². The number of hydrogen-bond donors (Lipinski definition) is 1. The molecule has 2 nitrogen and oxygen atoms in total. The maximum atomic E-state index is 12.7. The Bertz CT molecular complexity index is 721. The predicted octanol–water partition coefficient (Wildman–Crippen LogP) is 5.63. The minimum atomic E-state index is -4.57. The Balaban J connectivity index is 2.39. The molecule has 0 saturated heterocycles. The number of benzene rings is 2. The van der Waals surface area contributed by atoms with Crippen molar-refractivity contribution in [3.63, 3.8) is 0 Å². The zero-order valence-electron chi connectivity index (χ0n) is 10.3. The van der Waals surface area contributed by atoms with E-state index in [0.29, 0.717) is 21.4 Å². The number of rotatable bonds is 2. The molecule has 0 aromatic heterocycles. The molecule has 0 amide bonds. The summed E-state index contributed by atoms with van der Waals surface area (Å²) in [6.07, 6.45) is -4.57. The van der Waals surface area contributed by atoms with Crippen LogP contribution in [0.15, 0.2) is 36.4 Å². The van der Waals surface area contributed by atoms with Gasteiger partial charge in [-0.2, -0.15) is 18.4 Å². The maximum Gasteiger partial charge on any atom is 0.417 e. The van der Waals surface area contributed by atoms with Crippen LogP contribution in [0.4, 0.5) is 24.5 Å². The lowest BCUT2D eigenvalue weighted by atomic mass is 10.1. The third-order valence-corrected chi connectivity index (χ3v) is 3.22. The molecule has 0 spiro atoms. The lowest BCUT2D eigenvalue weighted by Crippen LogP contribution is -2.08. The molecule has 1 N–H and O–H groups in total. The number of anilines is 2. The second kappa shape index (κ2) is 5.84. The van der Waals surface area contributed by atoms with Gasteiger partial charge in [0.05, 0.1) is 27.9 Å². The number of nitrogens with one attached hydrogen (secondary N) is 1. The second-order valence-corrected chi connectivity index (χ2v) is 4.96. The summed E-state index contributed by atoms with van der Waals surface area (Å²) >= 11 is 11.8. The van der Waals surface area contributed by atoms with Crippen LogP contribution in [0.5, 0.6) is 0 Å². The Morgan fingerprint density at radius 3 is 2.38 bits per heavy atom. The number of hydrogen-bond acceptors (Lipinski definition) is 2. The Labute approximate surface area is 128 Å². The lowest BCUT2D eigenvalue weighted by Gasteiger charge is -2.12. The molecule has 2 aromatic rings. The molecular weight excluding hydrogens is 324 g/mol. The van der Waals surface area contributed by atoms with Crippen molar-refractivity contribution in [3.8, 4) is 6.07 Å². The molecule has 21 heavy (non-hydrogen) atoms. The van der Waals surface area contributed by atoms with Gasteiger partial charge in [0.1, 0.15) is 0 Å². The second-order valence-electron chi connectivity index (χ2n) is 4.12. The summed E-state index contributed by atoms with van der Waals surface area (Å²) in [6, 6.07) is 9.39. The molecule has 108 valence electrons. The summed E-state index contributed by atoms with van der Waals surface area (Å²) in [5, 5.41) is 12.5. The van der Waals surface area contributed by atoms with E-state index < -0.39 is 17.3 Å². The highest BCUT2D eigenvalue weighted by atomic mass is 35.5. The summed E-state index contributed by atoms with van der Waals surface area (Å²) < 4.78 is 38.1. The lowest BCUT2D eigenvalue weighted by molar-refractivity contribution is -0.137. The van der Waals surface area contributed by atoms with Gasteiger partial charge in [-0.3, -0.25) is 0 Å². The fourth-order valence-electron chi connectivity index (χ4n) is 1.71. The summed E-state index contributed by atoms with van der Waals surface area (Å²) in [6.45, 7) is 0. The zero-order chi connectivity index (χ0) is 15.6. The molecule has 0 aliphatic rings. The van der Waals surface area contributed by atoms with Crippen molar-refractivity contribution >= 4 is 34.6 Å². The van der Waals surface area contributed by atoms with Gasteiger partial charge in [0.15, 0.2) is 0 Å². The number of alkyl halides is 3. The first-order valence-corrected chi connectivity index (χ1v) is 6.40. The highest BCUT2D eigenvalue weighted by Crippen LogP contribution is 2.34. The first-order valence-electron chi connectivity index (χ1n) is 5.64. The van der Waals surface area contributed by atoms with Gasteiger partial charge in [-0.05, 0) is 36.4 Å². The first-order chi connectivity index (χ1) is 9.81. The van der Waals surface area contributed by atoms with Crippen LogP contribution in [0.25, 0.3) is 0 Å². The molecule has 2 rings (SSSR count). The van der Waals surface area contributed by atoms with Gasteiger partial charge in [0.2, 0.25) is 0 Å². The van der Waals surface area contributed by atoms with Crippen molar-refractivity contribution in [2.75, 3.05) is 5.32 Å². The van der Waals surface area contributed by atoms with Crippen LogP contribution in [-0.4, -0.2) is 0 Å². The molecule has 0 saturated carbocycles. The third kappa shape index (κ3) is 3.60. The van der Waals surface area contributed by atoms with Gasteiger partial charge < -0.3 is 5.32 Å². The Morgan fingerprint density at radius 1 is 1.05 bits per heavy atom. The molecule has 0 aliphatic carbocycles. The van der Waals surface area contributed by atoms with Gasteiger partial charge in [0, 0.05) is 10.7 Å². The van der Waals surface area contributed by atoms with Crippen LogP contribution in [0.3, 0.4) is 0 Å². The Kier molecular flexibility index (Phi) is 4.31. The van der Waals surface area contributed by atoms with E-state index in [1.807, 2.05) is 0 Å². The summed E-state index contributed by atoms with van der Waals surface area (Å²) in [5.74, 6) is 0.